The van der Waals surface area contributed by atoms with Gasteiger partial charge in [-0.2, -0.15) is 0 Å². The van der Waals surface area contributed by atoms with E-state index in [-0.39, 0.29) is 5.41 Å². The molecule has 0 bridgehead atoms. The third-order valence-electron chi connectivity index (χ3n) is 2.89. The van der Waals surface area contributed by atoms with Gasteiger partial charge in [0.2, 0.25) is 0 Å². The minimum Gasteiger partial charge on any atom is -0.232 e. The Morgan fingerprint density at radius 3 is 2.05 bits per heavy atom. The van der Waals surface area contributed by atoms with Gasteiger partial charge < -0.3 is 0 Å². The number of benzene rings is 1. The topological polar surface area (TPSA) is 25.8 Å². The smallest absolute Gasteiger partial charge is 0.136 e. The van der Waals surface area contributed by atoms with E-state index in [1.54, 1.807) is 6.92 Å². The van der Waals surface area contributed by atoms with Gasteiger partial charge in [-0.3, -0.25) is 0 Å². The fourth-order valence-corrected chi connectivity index (χ4v) is 1.97. The van der Waals surface area contributed by atoms with E-state index in [2.05, 4.69) is 9.97 Å². The maximum Gasteiger partial charge on any atom is 0.136 e. The molecule has 0 fully saturated rings. The van der Waals surface area contributed by atoms with E-state index in [0.29, 0.717) is 27.8 Å². The Morgan fingerprint density at radius 1 is 1.00 bits per heavy atom. The number of hydrogen-bond acceptors (Lipinski definition) is 2. The average molecular weight is 297 g/mol. The predicted molar refractivity (Wildman–Crippen MR) is 75.8 cm³/mol. The van der Waals surface area contributed by atoms with Crippen LogP contribution in [0.15, 0.2) is 18.2 Å². The van der Waals surface area contributed by atoms with E-state index in [1.165, 1.54) is 12.1 Å². The number of halogens is 3. The Balaban J connectivity index is 2.70. The summed E-state index contributed by atoms with van der Waals surface area (Å²) < 4.78 is 26.7. The predicted octanol–water partition coefficient (Wildman–Crippen LogP) is 4.68. The van der Waals surface area contributed by atoms with Crippen molar-refractivity contribution in [1.29, 1.82) is 0 Å². The molecular formula is C15H15ClF2N2. The molecular weight excluding hydrogens is 282 g/mol. The highest BCUT2D eigenvalue weighted by Crippen LogP contribution is 2.30. The van der Waals surface area contributed by atoms with Gasteiger partial charge in [0.1, 0.15) is 22.6 Å². The van der Waals surface area contributed by atoms with Gasteiger partial charge in [0.05, 0.1) is 5.69 Å². The molecule has 106 valence electrons. The van der Waals surface area contributed by atoms with E-state index in [0.717, 1.165) is 6.07 Å². The SMILES string of the molecule is Cc1c(Cl)nc(C(C)(C)C)nc1-c1cc(F)cc(F)c1. The Hall–Kier alpha value is -1.55. The molecule has 1 heterocycles. The van der Waals surface area contributed by atoms with Crippen LogP contribution in [0.5, 0.6) is 0 Å². The van der Waals surface area contributed by atoms with Crippen molar-refractivity contribution in [3.05, 3.63) is 46.4 Å². The molecule has 1 aromatic carbocycles. The lowest BCUT2D eigenvalue weighted by Crippen LogP contribution is -2.17. The third kappa shape index (κ3) is 2.96. The van der Waals surface area contributed by atoms with Crippen LogP contribution in [-0.2, 0) is 5.41 Å². The first-order valence-corrected chi connectivity index (χ1v) is 6.57. The Labute approximate surface area is 121 Å². The molecule has 2 rings (SSSR count). The van der Waals surface area contributed by atoms with Crippen LogP contribution in [0.4, 0.5) is 8.78 Å². The van der Waals surface area contributed by atoms with Crippen LogP contribution in [-0.4, -0.2) is 9.97 Å². The molecule has 5 heteroatoms. The summed E-state index contributed by atoms with van der Waals surface area (Å²) in [6.45, 7) is 7.57. The van der Waals surface area contributed by atoms with E-state index in [9.17, 15) is 8.78 Å². The molecule has 0 amide bonds. The van der Waals surface area contributed by atoms with Crippen LogP contribution in [0, 0.1) is 18.6 Å². The summed E-state index contributed by atoms with van der Waals surface area (Å²) >= 11 is 6.12. The zero-order valence-corrected chi connectivity index (χ0v) is 12.5. The molecule has 0 saturated heterocycles. The summed E-state index contributed by atoms with van der Waals surface area (Å²) in [6, 6.07) is 3.30. The van der Waals surface area contributed by atoms with Crippen LogP contribution < -0.4 is 0 Å². The zero-order valence-electron chi connectivity index (χ0n) is 11.8. The maximum absolute atomic E-state index is 13.4. The lowest BCUT2D eigenvalue weighted by atomic mass is 9.95. The van der Waals surface area contributed by atoms with Gasteiger partial charge in [0, 0.05) is 22.6 Å². The van der Waals surface area contributed by atoms with Crippen molar-refractivity contribution in [2.45, 2.75) is 33.1 Å². The molecule has 20 heavy (non-hydrogen) atoms. The van der Waals surface area contributed by atoms with Gasteiger partial charge in [-0.25, -0.2) is 18.7 Å². The molecule has 0 radical (unpaired) electrons. The number of hydrogen-bond donors (Lipinski definition) is 0. The summed E-state index contributed by atoms with van der Waals surface area (Å²) in [4.78, 5) is 8.67. The zero-order chi connectivity index (χ0) is 15.1. The largest absolute Gasteiger partial charge is 0.232 e. The highest BCUT2D eigenvalue weighted by atomic mass is 35.5. The number of rotatable bonds is 1. The quantitative estimate of drug-likeness (QED) is 0.714. The molecule has 1 aromatic heterocycles. The first kappa shape index (κ1) is 14.9. The summed E-state index contributed by atoms with van der Waals surface area (Å²) in [5.41, 5.74) is 1.10. The lowest BCUT2D eigenvalue weighted by Gasteiger charge is -2.19. The van der Waals surface area contributed by atoms with Crippen LogP contribution in [0.3, 0.4) is 0 Å². The van der Waals surface area contributed by atoms with Gasteiger partial charge in [-0.05, 0) is 19.1 Å². The van der Waals surface area contributed by atoms with E-state index in [1.807, 2.05) is 20.8 Å². The summed E-state index contributed by atoms with van der Waals surface area (Å²) in [7, 11) is 0. The van der Waals surface area contributed by atoms with Crippen molar-refractivity contribution in [3.8, 4) is 11.3 Å². The minimum absolute atomic E-state index is 0.296. The van der Waals surface area contributed by atoms with Gasteiger partial charge >= 0.3 is 0 Å². The fourth-order valence-electron chi connectivity index (χ4n) is 1.80. The molecule has 0 spiro atoms. The standard InChI is InChI=1S/C15H15ClF2N2/c1-8-12(9-5-10(17)7-11(18)6-9)19-14(15(2,3)4)20-13(8)16/h5-7H,1-4H3. The summed E-state index contributed by atoms with van der Waals surface area (Å²) in [5, 5.41) is 0.296. The minimum atomic E-state index is -0.647. The van der Waals surface area contributed by atoms with Crippen molar-refractivity contribution in [1.82, 2.24) is 9.97 Å². The van der Waals surface area contributed by atoms with Crippen molar-refractivity contribution in [2.75, 3.05) is 0 Å². The van der Waals surface area contributed by atoms with Crippen LogP contribution >= 0.6 is 11.6 Å². The van der Waals surface area contributed by atoms with Crippen LogP contribution in [0.25, 0.3) is 11.3 Å². The molecule has 0 aliphatic heterocycles. The lowest BCUT2D eigenvalue weighted by molar-refractivity contribution is 0.545. The normalized spacial score (nSPS) is 11.8. The summed E-state index contributed by atoms with van der Waals surface area (Å²) in [6.07, 6.45) is 0. The Kier molecular flexibility index (Phi) is 3.78. The van der Waals surface area contributed by atoms with Crippen molar-refractivity contribution in [2.24, 2.45) is 0 Å². The Bertz CT molecular complexity index is 643. The second-order valence-corrected chi connectivity index (χ2v) is 6.08. The second kappa shape index (κ2) is 5.09. The number of aromatic nitrogens is 2. The van der Waals surface area contributed by atoms with E-state index < -0.39 is 11.6 Å². The molecule has 0 saturated carbocycles. The van der Waals surface area contributed by atoms with Crippen molar-refractivity contribution in [3.63, 3.8) is 0 Å². The first-order valence-electron chi connectivity index (χ1n) is 6.19. The van der Waals surface area contributed by atoms with Gasteiger partial charge in [-0.1, -0.05) is 32.4 Å². The summed E-state index contributed by atoms with van der Waals surface area (Å²) in [5.74, 6) is -0.759. The highest BCUT2D eigenvalue weighted by Gasteiger charge is 2.21. The van der Waals surface area contributed by atoms with E-state index in [4.69, 9.17) is 11.6 Å². The third-order valence-corrected chi connectivity index (χ3v) is 3.26. The van der Waals surface area contributed by atoms with Crippen LogP contribution in [0.2, 0.25) is 5.15 Å². The Morgan fingerprint density at radius 2 is 1.55 bits per heavy atom. The molecule has 2 nitrogen and oxygen atoms in total. The fraction of sp³-hybridized carbons (Fsp3) is 0.333. The highest BCUT2D eigenvalue weighted by molar-refractivity contribution is 6.30. The van der Waals surface area contributed by atoms with E-state index >= 15 is 0 Å². The molecule has 0 aliphatic carbocycles. The van der Waals surface area contributed by atoms with Crippen molar-refractivity contribution >= 4 is 11.6 Å². The van der Waals surface area contributed by atoms with Crippen LogP contribution in [0.1, 0.15) is 32.2 Å². The molecule has 0 unspecified atom stereocenters. The average Bonchev–Trinajstić information content (AvgIpc) is 2.29. The molecule has 0 N–H and O–H groups in total. The van der Waals surface area contributed by atoms with Gasteiger partial charge in [0.15, 0.2) is 0 Å². The first-order chi connectivity index (χ1) is 9.18. The van der Waals surface area contributed by atoms with Gasteiger partial charge in [0.25, 0.3) is 0 Å². The molecule has 0 aliphatic rings. The molecule has 0 atom stereocenters. The molecule has 2 aromatic rings. The second-order valence-electron chi connectivity index (χ2n) is 5.72. The number of nitrogens with zero attached hydrogens (tertiary/aromatic N) is 2. The monoisotopic (exact) mass is 296 g/mol. The van der Waals surface area contributed by atoms with Crippen molar-refractivity contribution < 1.29 is 8.78 Å². The maximum atomic E-state index is 13.4. The van der Waals surface area contributed by atoms with Gasteiger partial charge in [-0.15, -0.1) is 0 Å².